The molecule has 6 heteroatoms. The van der Waals surface area contributed by atoms with Crippen molar-refractivity contribution >= 4 is 22.9 Å². The Kier molecular flexibility index (Phi) is 3.36. The Morgan fingerprint density at radius 2 is 1.96 bits per heavy atom. The molecular weight excluding hydrogens is 316 g/mol. The lowest BCUT2D eigenvalue weighted by molar-refractivity contribution is 0.101. The Morgan fingerprint density at radius 1 is 1.16 bits per heavy atom. The van der Waals surface area contributed by atoms with Gasteiger partial charge in [-0.25, -0.2) is 4.98 Å². The quantitative estimate of drug-likeness (QED) is 0.772. The molecule has 5 rings (SSSR count). The van der Waals surface area contributed by atoms with Crippen molar-refractivity contribution in [2.24, 2.45) is 0 Å². The van der Waals surface area contributed by atoms with E-state index in [1.165, 1.54) is 12.8 Å². The van der Waals surface area contributed by atoms with Crippen molar-refractivity contribution in [3.63, 3.8) is 0 Å². The molecule has 0 aliphatic heterocycles. The Labute approximate surface area is 145 Å². The van der Waals surface area contributed by atoms with E-state index in [9.17, 15) is 4.79 Å². The fourth-order valence-corrected chi connectivity index (χ4v) is 3.79. The molecule has 128 valence electrons. The average Bonchev–Trinajstić information content (AvgIpc) is 3.04. The van der Waals surface area contributed by atoms with Gasteiger partial charge in [0, 0.05) is 18.0 Å². The Hall–Kier alpha value is -2.63. The van der Waals surface area contributed by atoms with Crippen molar-refractivity contribution in [2.45, 2.75) is 50.5 Å². The van der Waals surface area contributed by atoms with E-state index >= 15 is 0 Å². The van der Waals surface area contributed by atoms with Gasteiger partial charge in [0.1, 0.15) is 5.76 Å². The standard InChI is InChI=1S/C19H20N4O2/c24-18(15-11-17(25-22-15)12-9-10-12)21-19-20-14-7-3-4-8-16(14)23(19)13-5-1-2-6-13/h3-4,7-8,11-13H,1-2,5-6,9-10H2,(H,20,21,24). The van der Waals surface area contributed by atoms with Gasteiger partial charge >= 0.3 is 0 Å². The van der Waals surface area contributed by atoms with Crippen LogP contribution in [0.3, 0.4) is 0 Å². The van der Waals surface area contributed by atoms with Crippen molar-refractivity contribution < 1.29 is 9.32 Å². The molecule has 0 saturated heterocycles. The first-order valence-electron chi connectivity index (χ1n) is 9.04. The molecule has 2 saturated carbocycles. The second kappa shape index (κ2) is 5.72. The number of aromatic nitrogens is 3. The molecule has 1 N–H and O–H groups in total. The van der Waals surface area contributed by atoms with E-state index in [-0.39, 0.29) is 5.91 Å². The van der Waals surface area contributed by atoms with Crippen LogP contribution in [-0.4, -0.2) is 20.6 Å². The first-order chi connectivity index (χ1) is 12.3. The minimum Gasteiger partial charge on any atom is -0.360 e. The third-order valence-corrected chi connectivity index (χ3v) is 5.25. The van der Waals surface area contributed by atoms with Crippen LogP contribution in [0, 0.1) is 0 Å². The van der Waals surface area contributed by atoms with E-state index < -0.39 is 0 Å². The van der Waals surface area contributed by atoms with Crippen LogP contribution in [0.15, 0.2) is 34.9 Å². The van der Waals surface area contributed by atoms with Gasteiger partial charge in [-0.15, -0.1) is 0 Å². The maximum Gasteiger partial charge on any atom is 0.280 e. The van der Waals surface area contributed by atoms with Gasteiger partial charge in [0.25, 0.3) is 5.91 Å². The van der Waals surface area contributed by atoms with Crippen molar-refractivity contribution in [3.8, 4) is 0 Å². The number of rotatable bonds is 4. The number of benzene rings is 1. The Balaban J connectivity index is 1.48. The number of carbonyl (C=O) groups excluding carboxylic acids is 1. The van der Waals surface area contributed by atoms with Crippen LogP contribution in [0.5, 0.6) is 0 Å². The van der Waals surface area contributed by atoms with E-state index in [1.807, 2.05) is 18.2 Å². The summed E-state index contributed by atoms with van der Waals surface area (Å²) in [6.07, 6.45) is 6.93. The summed E-state index contributed by atoms with van der Waals surface area (Å²) in [4.78, 5) is 17.3. The van der Waals surface area contributed by atoms with Gasteiger partial charge in [-0.1, -0.05) is 30.1 Å². The van der Waals surface area contributed by atoms with Crippen LogP contribution in [0.2, 0.25) is 0 Å². The van der Waals surface area contributed by atoms with Gasteiger partial charge in [0.15, 0.2) is 5.69 Å². The van der Waals surface area contributed by atoms with Crippen LogP contribution < -0.4 is 5.32 Å². The van der Waals surface area contributed by atoms with Crippen molar-refractivity contribution in [1.29, 1.82) is 0 Å². The third-order valence-electron chi connectivity index (χ3n) is 5.25. The topological polar surface area (TPSA) is 73.0 Å². The maximum absolute atomic E-state index is 12.6. The van der Waals surface area contributed by atoms with Crippen molar-refractivity contribution in [1.82, 2.24) is 14.7 Å². The molecule has 0 spiro atoms. The molecule has 1 amide bonds. The van der Waals surface area contributed by atoms with Crippen LogP contribution in [-0.2, 0) is 0 Å². The zero-order valence-electron chi connectivity index (χ0n) is 13.9. The highest BCUT2D eigenvalue weighted by Crippen LogP contribution is 2.40. The summed E-state index contributed by atoms with van der Waals surface area (Å²) < 4.78 is 7.48. The lowest BCUT2D eigenvalue weighted by Gasteiger charge is -2.16. The van der Waals surface area contributed by atoms with Crippen LogP contribution in [0.1, 0.15) is 66.7 Å². The summed E-state index contributed by atoms with van der Waals surface area (Å²) >= 11 is 0. The fourth-order valence-electron chi connectivity index (χ4n) is 3.79. The molecule has 2 fully saturated rings. The number of anilines is 1. The van der Waals surface area contributed by atoms with Crippen molar-refractivity contribution in [3.05, 3.63) is 41.8 Å². The minimum atomic E-state index is -0.259. The van der Waals surface area contributed by atoms with Crippen LogP contribution in [0.4, 0.5) is 5.95 Å². The molecule has 1 aromatic carbocycles. The zero-order valence-corrected chi connectivity index (χ0v) is 13.9. The van der Waals surface area contributed by atoms with Crippen LogP contribution in [0.25, 0.3) is 11.0 Å². The Morgan fingerprint density at radius 3 is 2.76 bits per heavy atom. The molecule has 3 aromatic rings. The minimum absolute atomic E-state index is 0.259. The van der Waals surface area contributed by atoms with E-state index in [2.05, 4.69) is 26.1 Å². The number of imidazole rings is 1. The molecular formula is C19H20N4O2. The lowest BCUT2D eigenvalue weighted by atomic mass is 10.2. The molecule has 0 bridgehead atoms. The molecule has 0 radical (unpaired) electrons. The molecule has 2 aliphatic carbocycles. The van der Waals surface area contributed by atoms with E-state index in [1.54, 1.807) is 6.07 Å². The molecule has 0 atom stereocenters. The predicted octanol–water partition coefficient (Wildman–Crippen LogP) is 4.27. The molecule has 0 unspecified atom stereocenters. The fraction of sp³-hybridized carbons (Fsp3) is 0.421. The maximum atomic E-state index is 12.6. The van der Waals surface area contributed by atoms with Gasteiger partial charge in [0.2, 0.25) is 5.95 Å². The normalized spacial score (nSPS) is 18.1. The van der Waals surface area contributed by atoms with Crippen molar-refractivity contribution in [2.75, 3.05) is 5.32 Å². The molecule has 2 aliphatic rings. The lowest BCUT2D eigenvalue weighted by Crippen LogP contribution is -2.18. The average molecular weight is 336 g/mol. The highest BCUT2D eigenvalue weighted by atomic mass is 16.5. The second-order valence-corrected chi connectivity index (χ2v) is 7.08. The largest absolute Gasteiger partial charge is 0.360 e. The first-order valence-corrected chi connectivity index (χ1v) is 9.04. The number of nitrogens with zero attached hydrogens (tertiary/aromatic N) is 3. The summed E-state index contributed by atoms with van der Waals surface area (Å²) in [5.74, 6) is 1.60. The van der Waals surface area contributed by atoms with Gasteiger partial charge in [0.05, 0.1) is 11.0 Å². The molecule has 2 aromatic heterocycles. The SMILES string of the molecule is O=C(Nc1nc2ccccc2n1C1CCCC1)c1cc(C2CC2)on1. The second-order valence-electron chi connectivity index (χ2n) is 7.08. The third kappa shape index (κ3) is 2.62. The molecule has 25 heavy (non-hydrogen) atoms. The monoisotopic (exact) mass is 336 g/mol. The summed E-state index contributed by atoms with van der Waals surface area (Å²) in [5.41, 5.74) is 2.30. The number of fused-ring (bicyclic) bond motifs is 1. The summed E-state index contributed by atoms with van der Waals surface area (Å²) in [5, 5.41) is 6.89. The number of hydrogen-bond acceptors (Lipinski definition) is 4. The van der Waals surface area contributed by atoms with E-state index in [0.717, 1.165) is 42.5 Å². The molecule has 2 heterocycles. The molecule has 6 nitrogen and oxygen atoms in total. The summed E-state index contributed by atoms with van der Waals surface area (Å²) in [6.45, 7) is 0. The highest BCUT2D eigenvalue weighted by Gasteiger charge is 2.29. The number of amides is 1. The summed E-state index contributed by atoms with van der Waals surface area (Å²) in [7, 11) is 0. The van der Waals surface area contributed by atoms with Gasteiger partial charge < -0.3 is 9.09 Å². The number of nitrogens with one attached hydrogen (secondary N) is 1. The van der Waals surface area contributed by atoms with E-state index in [0.29, 0.717) is 23.6 Å². The zero-order chi connectivity index (χ0) is 16.8. The first kappa shape index (κ1) is 14.7. The van der Waals surface area contributed by atoms with Gasteiger partial charge in [-0.05, 0) is 37.8 Å². The smallest absolute Gasteiger partial charge is 0.280 e. The number of para-hydroxylation sites is 2. The van der Waals surface area contributed by atoms with E-state index in [4.69, 9.17) is 4.52 Å². The van der Waals surface area contributed by atoms with Gasteiger partial charge in [-0.3, -0.25) is 10.1 Å². The number of carbonyl (C=O) groups is 1. The number of hydrogen-bond donors (Lipinski definition) is 1. The van der Waals surface area contributed by atoms with Crippen LogP contribution >= 0.6 is 0 Å². The van der Waals surface area contributed by atoms with Gasteiger partial charge in [-0.2, -0.15) is 0 Å². The highest BCUT2D eigenvalue weighted by molar-refractivity contribution is 6.02. The Bertz CT molecular complexity index is 932. The summed E-state index contributed by atoms with van der Waals surface area (Å²) in [6, 6.07) is 10.2. The predicted molar refractivity (Wildman–Crippen MR) is 93.7 cm³/mol.